The Bertz CT molecular complexity index is 586. The number of halogens is 3. The largest absolute Gasteiger partial charge is 0.507 e. The highest BCUT2D eigenvalue weighted by atomic mass is 19.4. The van der Waals surface area contributed by atoms with Gasteiger partial charge in [-0.25, -0.2) is 5.01 Å². The Kier molecular flexibility index (Phi) is 3.13. The molecule has 1 heterocycles. The van der Waals surface area contributed by atoms with E-state index < -0.39 is 23.6 Å². The number of aromatic hydroxyl groups is 1. The van der Waals surface area contributed by atoms with Gasteiger partial charge >= 0.3 is 6.18 Å². The highest BCUT2D eigenvalue weighted by Gasteiger charge is 2.61. The van der Waals surface area contributed by atoms with Crippen molar-refractivity contribution in [2.75, 3.05) is 0 Å². The number of benzene rings is 1. The van der Waals surface area contributed by atoms with E-state index in [-0.39, 0.29) is 16.3 Å². The molecule has 1 aromatic carbocycles. The molecule has 3 N–H and O–H groups in total. The minimum Gasteiger partial charge on any atom is -0.507 e. The highest BCUT2D eigenvalue weighted by molar-refractivity contribution is 5.97. The molecule has 2 rings (SSSR count). The van der Waals surface area contributed by atoms with E-state index in [2.05, 4.69) is 5.43 Å². The van der Waals surface area contributed by atoms with Gasteiger partial charge in [0.15, 0.2) is 0 Å². The van der Waals surface area contributed by atoms with Crippen LogP contribution in [0.25, 0.3) is 0 Å². The third-order valence-electron chi connectivity index (χ3n) is 2.80. The van der Waals surface area contributed by atoms with Crippen LogP contribution in [0.1, 0.15) is 17.3 Å². The van der Waals surface area contributed by atoms with Crippen LogP contribution in [0, 0.1) is 0 Å². The maximum absolute atomic E-state index is 13.0. The van der Waals surface area contributed by atoms with Gasteiger partial charge in [0.2, 0.25) is 0 Å². The number of allylic oxidation sites excluding steroid dienone is 1. The van der Waals surface area contributed by atoms with Crippen LogP contribution < -0.4 is 5.43 Å². The van der Waals surface area contributed by atoms with Gasteiger partial charge < -0.3 is 10.2 Å². The van der Waals surface area contributed by atoms with Crippen molar-refractivity contribution in [2.45, 2.75) is 18.8 Å². The maximum atomic E-state index is 13.0. The van der Waals surface area contributed by atoms with Gasteiger partial charge in [0, 0.05) is 5.70 Å². The summed E-state index contributed by atoms with van der Waals surface area (Å²) in [5, 5.41) is 19.3. The number of para-hydroxylation sites is 1. The van der Waals surface area contributed by atoms with Gasteiger partial charge in [0.05, 0.1) is 5.56 Å². The molecule has 1 amide bonds. The first-order valence-electron chi connectivity index (χ1n) is 5.54. The number of amides is 1. The lowest BCUT2D eigenvalue weighted by atomic mass is 10.1. The molecule has 1 aliphatic heterocycles. The fourth-order valence-electron chi connectivity index (χ4n) is 1.85. The van der Waals surface area contributed by atoms with E-state index in [1.807, 2.05) is 0 Å². The zero-order chi connectivity index (χ0) is 15.1. The van der Waals surface area contributed by atoms with E-state index in [0.29, 0.717) is 6.08 Å². The van der Waals surface area contributed by atoms with E-state index in [0.717, 1.165) is 12.1 Å². The molecule has 0 aliphatic carbocycles. The van der Waals surface area contributed by atoms with E-state index in [4.69, 9.17) is 0 Å². The van der Waals surface area contributed by atoms with Gasteiger partial charge in [-0.15, -0.1) is 0 Å². The molecular weight excluding hydrogens is 277 g/mol. The number of phenolic OH excluding ortho intramolecular Hbond substituents is 1. The fraction of sp³-hybridized carbons (Fsp3) is 0.250. The first kappa shape index (κ1) is 14.2. The zero-order valence-electron chi connectivity index (χ0n) is 10.3. The number of carbonyl (C=O) groups is 1. The van der Waals surface area contributed by atoms with E-state index >= 15 is 0 Å². The second kappa shape index (κ2) is 4.41. The van der Waals surface area contributed by atoms with Crippen molar-refractivity contribution < 1.29 is 28.2 Å². The van der Waals surface area contributed by atoms with Crippen molar-refractivity contribution in [3.05, 3.63) is 41.6 Å². The monoisotopic (exact) mass is 288 g/mol. The molecule has 0 saturated carbocycles. The molecule has 0 fully saturated rings. The molecule has 1 aliphatic rings. The van der Waals surface area contributed by atoms with Crippen molar-refractivity contribution in [2.24, 2.45) is 0 Å². The fourth-order valence-corrected chi connectivity index (χ4v) is 1.85. The summed E-state index contributed by atoms with van der Waals surface area (Å²) in [6.45, 7) is 1.27. The number of alkyl halides is 3. The van der Waals surface area contributed by atoms with Gasteiger partial charge in [-0.3, -0.25) is 10.2 Å². The molecule has 0 aromatic heterocycles. The Morgan fingerprint density at radius 1 is 1.35 bits per heavy atom. The normalized spacial score (nSPS) is 22.4. The minimum absolute atomic E-state index is 0.0337. The van der Waals surface area contributed by atoms with Gasteiger partial charge in [-0.05, 0) is 25.1 Å². The Morgan fingerprint density at radius 2 is 1.95 bits per heavy atom. The summed E-state index contributed by atoms with van der Waals surface area (Å²) >= 11 is 0. The summed E-state index contributed by atoms with van der Waals surface area (Å²) in [5.74, 6) is -1.68. The van der Waals surface area contributed by atoms with Crippen molar-refractivity contribution in [1.82, 2.24) is 10.4 Å². The Hall–Kier alpha value is -2.22. The maximum Gasteiger partial charge on any atom is 0.442 e. The predicted molar refractivity (Wildman–Crippen MR) is 62.2 cm³/mol. The van der Waals surface area contributed by atoms with Crippen molar-refractivity contribution in [3.8, 4) is 5.75 Å². The van der Waals surface area contributed by atoms with Crippen molar-refractivity contribution in [3.63, 3.8) is 0 Å². The summed E-state index contributed by atoms with van der Waals surface area (Å²) in [6, 6.07) is 5.12. The highest BCUT2D eigenvalue weighted by Crippen LogP contribution is 2.38. The smallest absolute Gasteiger partial charge is 0.442 e. The quantitative estimate of drug-likeness (QED) is 0.732. The van der Waals surface area contributed by atoms with E-state index in [9.17, 15) is 28.2 Å². The number of phenols is 1. The summed E-state index contributed by atoms with van der Waals surface area (Å²) in [5.41, 5.74) is -1.71. The van der Waals surface area contributed by atoms with E-state index in [1.165, 1.54) is 19.1 Å². The van der Waals surface area contributed by atoms with Gasteiger partial charge in [0.25, 0.3) is 11.6 Å². The topological polar surface area (TPSA) is 72.8 Å². The van der Waals surface area contributed by atoms with E-state index in [1.54, 1.807) is 0 Å². The number of rotatable bonds is 1. The van der Waals surface area contributed by atoms with Gasteiger partial charge in [-0.2, -0.15) is 13.2 Å². The lowest BCUT2D eigenvalue weighted by Crippen LogP contribution is -2.60. The summed E-state index contributed by atoms with van der Waals surface area (Å²) in [6.07, 6.45) is -4.59. The number of hydrogen-bond donors (Lipinski definition) is 3. The van der Waals surface area contributed by atoms with Gasteiger partial charge in [-0.1, -0.05) is 12.1 Å². The third-order valence-corrected chi connectivity index (χ3v) is 2.80. The number of nitrogens with zero attached hydrogens (tertiary/aromatic N) is 1. The second-order valence-electron chi connectivity index (χ2n) is 4.32. The van der Waals surface area contributed by atoms with Crippen LogP contribution in [-0.2, 0) is 0 Å². The molecule has 0 radical (unpaired) electrons. The Balaban J connectivity index is 2.43. The number of hydrazine groups is 1. The van der Waals surface area contributed by atoms with Crippen LogP contribution >= 0.6 is 0 Å². The predicted octanol–water partition coefficient (Wildman–Crippen LogP) is 1.51. The molecular formula is C12H11F3N2O3. The molecule has 8 heteroatoms. The molecule has 0 spiro atoms. The van der Waals surface area contributed by atoms with Crippen LogP contribution in [0.3, 0.4) is 0 Å². The molecule has 0 bridgehead atoms. The standard InChI is InChI=1S/C12H11F3N2O3/c1-7-6-11(20,12(13,14)15)17(16-7)10(19)8-4-2-3-5-9(8)18/h2-6,16,18,20H,1H3. The number of aliphatic hydroxyl groups is 1. The molecule has 1 atom stereocenters. The number of nitrogens with one attached hydrogen (secondary N) is 1. The SMILES string of the molecule is CC1=CC(O)(C(F)(F)F)N(C(=O)c2ccccc2O)N1. The first-order valence-corrected chi connectivity index (χ1v) is 5.54. The lowest BCUT2D eigenvalue weighted by Gasteiger charge is -2.33. The summed E-state index contributed by atoms with van der Waals surface area (Å²) < 4.78 is 38.9. The van der Waals surface area contributed by atoms with Crippen molar-refractivity contribution >= 4 is 5.91 Å². The first-order chi connectivity index (χ1) is 9.17. The van der Waals surface area contributed by atoms with Crippen LogP contribution in [-0.4, -0.2) is 33.0 Å². The van der Waals surface area contributed by atoms with Crippen LogP contribution in [0.15, 0.2) is 36.0 Å². The average Bonchev–Trinajstić information content (AvgIpc) is 2.65. The molecule has 20 heavy (non-hydrogen) atoms. The summed E-state index contributed by atoms with van der Waals surface area (Å²) in [7, 11) is 0. The summed E-state index contributed by atoms with van der Waals surface area (Å²) in [4.78, 5) is 12.1. The molecule has 0 saturated heterocycles. The van der Waals surface area contributed by atoms with Gasteiger partial charge in [0.1, 0.15) is 5.75 Å². The molecule has 1 aromatic rings. The average molecular weight is 288 g/mol. The van der Waals surface area contributed by atoms with Crippen molar-refractivity contribution in [1.29, 1.82) is 0 Å². The Labute approximate surface area is 111 Å². The molecule has 5 nitrogen and oxygen atoms in total. The third kappa shape index (κ3) is 2.07. The van der Waals surface area contributed by atoms with Crippen LogP contribution in [0.2, 0.25) is 0 Å². The minimum atomic E-state index is -5.09. The lowest BCUT2D eigenvalue weighted by molar-refractivity contribution is -0.283. The number of hydrogen-bond acceptors (Lipinski definition) is 4. The van der Waals surface area contributed by atoms with Crippen LogP contribution in [0.5, 0.6) is 5.75 Å². The van der Waals surface area contributed by atoms with Crippen LogP contribution in [0.4, 0.5) is 13.2 Å². The zero-order valence-corrected chi connectivity index (χ0v) is 10.3. The second-order valence-corrected chi connectivity index (χ2v) is 4.32. The molecule has 1 unspecified atom stereocenters. The molecule has 108 valence electrons. The Morgan fingerprint density at radius 3 is 2.50 bits per heavy atom. The number of carbonyl (C=O) groups excluding carboxylic acids is 1.